The van der Waals surface area contributed by atoms with Crippen LogP contribution in [0.25, 0.3) is 0 Å². The molecular formula is C22H26N2O6. The number of likely N-dealkylation sites (tertiary alicyclic amines) is 2. The van der Waals surface area contributed by atoms with Crippen molar-refractivity contribution >= 4 is 23.6 Å². The molecule has 8 heteroatoms. The number of amides is 4. The molecule has 6 saturated heterocycles. The zero-order valence-corrected chi connectivity index (χ0v) is 16.8. The van der Waals surface area contributed by atoms with Crippen LogP contribution < -0.4 is 0 Å². The minimum Gasteiger partial charge on any atom is -0.373 e. The summed E-state index contributed by atoms with van der Waals surface area (Å²) < 4.78 is 11.7. The van der Waals surface area contributed by atoms with Crippen molar-refractivity contribution in [3.63, 3.8) is 0 Å². The van der Waals surface area contributed by atoms with Gasteiger partial charge in [-0.1, -0.05) is 0 Å². The maximum Gasteiger partial charge on any atom is 0.236 e. The van der Waals surface area contributed by atoms with Crippen LogP contribution in [-0.4, -0.2) is 69.9 Å². The zero-order chi connectivity index (χ0) is 20.3. The van der Waals surface area contributed by atoms with Crippen LogP contribution in [0.5, 0.6) is 0 Å². The second-order valence-corrected chi connectivity index (χ2v) is 10.3. The number of carbonyl (C=O) groups is 4. The topological polar surface area (TPSA) is 93.2 Å². The quantitative estimate of drug-likeness (QED) is 0.615. The fraction of sp³-hybridized carbons (Fsp3) is 0.818. The second kappa shape index (κ2) is 5.91. The third kappa shape index (κ3) is 2.04. The lowest BCUT2D eigenvalue weighted by Crippen LogP contribution is -2.51. The fourth-order valence-corrected chi connectivity index (χ4v) is 7.80. The molecule has 0 aromatic rings. The van der Waals surface area contributed by atoms with E-state index in [0.29, 0.717) is 6.42 Å². The van der Waals surface area contributed by atoms with E-state index in [4.69, 9.17) is 9.47 Å². The van der Waals surface area contributed by atoms with E-state index in [1.54, 1.807) is 0 Å². The first-order valence-corrected chi connectivity index (χ1v) is 11.6. The third-order valence-corrected chi connectivity index (χ3v) is 8.99. The summed E-state index contributed by atoms with van der Waals surface area (Å²) in [5.41, 5.74) is 0. The maximum atomic E-state index is 13.2. The fourth-order valence-electron chi connectivity index (χ4n) is 7.80. The molecule has 0 aromatic carbocycles. The minimum atomic E-state index is -0.321. The third-order valence-electron chi connectivity index (χ3n) is 8.99. The van der Waals surface area contributed by atoms with Gasteiger partial charge in [0.1, 0.15) is 0 Å². The Morgan fingerprint density at radius 3 is 1.20 bits per heavy atom. The first kappa shape index (κ1) is 17.8. The summed E-state index contributed by atoms with van der Waals surface area (Å²) in [6.07, 6.45) is 5.80. The molecule has 6 heterocycles. The zero-order valence-electron chi connectivity index (χ0n) is 16.8. The van der Waals surface area contributed by atoms with Gasteiger partial charge in [-0.25, -0.2) is 0 Å². The summed E-state index contributed by atoms with van der Waals surface area (Å²) in [4.78, 5) is 55.6. The van der Waals surface area contributed by atoms with Crippen LogP contribution in [0, 0.1) is 23.7 Å². The van der Waals surface area contributed by atoms with Gasteiger partial charge in [0.2, 0.25) is 23.6 Å². The van der Waals surface area contributed by atoms with Gasteiger partial charge in [-0.15, -0.1) is 0 Å². The van der Waals surface area contributed by atoms with Crippen LogP contribution in [0.1, 0.15) is 51.4 Å². The molecule has 10 unspecified atom stereocenters. The van der Waals surface area contributed by atoms with E-state index in [1.807, 2.05) is 0 Å². The molecule has 10 atom stereocenters. The Balaban J connectivity index is 1.13. The van der Waals surface area contributed by atoms with Gasteiger partial charge in [0, 0.05) is 12.1 Å². The van der Waals surface area contributed by atoms with Crippen molar-refractivity contribution in [1.29, 1.82) is 0 Å². The Hall–Kier alpha value is -1.80. The summed E-state index contributed by atoms with van der Waals surface area (Å²) in [6, 6.07) is -0.439. The number of imide groups is 2. The normalized spacial score (nSPS) is 51.5. The highest BCUT2D eigenvalue weighted by atomic mass is 16.5. The number of nitrogens with zero attached hydrogens (tertiary/aromatic N) is 2. The lowest BCUT2D eigenvalue weighted by Gasteiger charge is -2.38. The van der Waals surface area contributed by atoms with E-state index in [2.05, 4.69) is 0 Å². The van der Waals surface area contributed by atoms with Crippen LogP contribution in [0.15, 0.2) is 0 Å². The van der Waals surface area contributed by atoms with Gasteiger partial charge in [0.05, 0.1) is 48.1 Å². The van der Waals surface area contributed by atoms with Crippen molar-refractivity contribution < 1.29 is 28.7 Å². The van der Waals surface area contributed by atoms with Gasteiger partial charge in [0.25, 0.3) is 0 Å². The number of ether oxygens (including phenoxy) is 2. The van der Waals surface area contributed by atoms with E-state index in [1.165, 1.54) is 9.80 Å². The summed E-state index contributed by atoms with van der Waals surface area (Å²) in [6.45, 7) is 0. The number of rotatable bonds is 2. The largest absolute Gasteiger partial charge is 0.373 e. The molecular weight excluding hydrogens is 388 g/mol. The van der Waals surface area contributed by atoms with Gasteiger partial charge in [-0.3, -0.25) is 29.0 Å². The van der Waals surface area contributed by atoms with Crippen LogP contribution in [-0.2, 0) is 28.7 Å². The highest BCUT2D eigenvalue weighted by Gasteiger charge is 2.65. The van der Waals surface area contributed by atoms with Crippen molar-refractivity contribution in [2.45, 2.75) is 87.9 Å². The molecule has 0 radical (unpaired) electrons. The first-order valence-electron chi connectivity index (χ1n) is 11.6. The minimum absolute atomic E-state index is 0.0924. The van der Waals surface area contributed by atoms with E-state index in [9.17, 15) is 19.2 Å². The number of hydrogen-bond donors (Lipinski definition) is 0. The van der Waals surface area contributed by atoms with Crippen molar-refractivity contribution in [2.75, 3.05) is 0 Å². The molecule has 7 aliphatic rings. The first-order chi connectivity index (χ1) is 14.5. The summed E-state index contributed by atoms with van der Waals surface area (Å²) in [5, 5.41) is 0. The molecule has 7 rings (SSSR count). The Kier molecular flexibility index (Phi) is 3.51. The standard InChI is InChI=1S/C22H26N2O6/c25-19-15-11-4-5-12(29-11)16(15)20(26)23(19)9-2-1-3-10(8-9)24-21(27)17-13-6-7-14(30-13)18(17)22(24)28/h9-18H,1-8H2. The predicted molar refractivity (Wildman–Crippen MR) is 99.5 cm³/mol. The molecule has 7 fully saturated rings. The Morgan fingerprint density at radius 2 is 0.867 bits per heavy atom. The molecule has 1 aliphatic carbocycles. The van der Waals surface area contributed by atoms with Crippen LogP contribution in [0.2, 0.25) is 0 Å². The molecule has 0 spiro atoms. The summed E-state index contributed by atoms with van der Waals surface area (Å²) in [5.74, 6) is -1.65. The van der Waals surface area contributed by atoms with E-state index < -0.39 is 0 Å². The maximum absolute atomic E-state index is 13.2. The van der Waals surface area contributed by atoms with E-state index >= 15 is 0 Å². The molecule has 0 aromatic heterocycles. The average molecular weight is 414 g/mol. The monoisotopic (exact) mass is 414 g/mol. The highest BCUT2D eigenvalue weighted by Crippen LogP contribution is 2.51. The van der Waals surface area contributed by atoms with Crippen molar-refractivity contribution in [3.8, 4) is 0 Å². The molecule has 30 heavy (non-hydrogen) atoms. The van der Waals surface area contributed by atoms with Crippen molar-refractivity contribution in [2.24, 2.45) is 23.7 Å². The summed E-state index contributed by atoms with van der Waals surface area (Å²) in [7, 11) is 0. The van der Waals surface area contributed by atoms with E-state index in [0.717, 1.165) is 44.9 Å². The Bertz CT molecular complexity index is 750. The van der Waals surface area contributed by atoms with Crippen molar-refractivity contribution in [1.82, 2.24) is 9.80 Å². The number of fused-ring (bicyclic) bond motifs is 10. The summed E-state index contributed by atoms with van der Waals surface area (Å²) >= 11 is 0. The molecule has 160 valence electrons. The van der Waals surface area contributed by atoms with Gasteiger partial charge in [-0.05, 0) is 51.4 Å². The van der Waals surface area contributed by atoms with Gasteiger partial charge in [0.15, 0.2) is 0 Å². The smallest absolute Gasteiger partial charge is 0.236 e. The van der Waals surface area contributed by atoms with Crippen molar-refractivity contribution in [3.05, 3.63) is 0 Å². The predicted octanol–water partition coefficient (Wildman–Crippen LogP) is 0.622. The number of carbonyl (C=O) groups excluding carboxylic acids is 4. The molecule has 1 saturated carbocycles. The number of hydrogen-bond acceptors (Lipinski definition) is 6. The van der Waals surface area contributed by atoms with Crippen LogP contribution >= 0.6 is 0 Å². The Labute approximate surface area is 174 Å². The van der Waals surface area contributed by atoms with Gasteiger partial charge < -0.3 is 9.47 Å². The molecule has 6 aliphatic heterocycles. The highest BCUT2D eigenvalue weighted by molar-refractivity contribution is 6.07. The molecule has 4 bridgehead atoms. The Morgan fingerprint density at radius 1 is 0.533 bits per heavy atom. The molecule has 8 nitrogen and oxygen atoms in total. The molecule has 4 amide bonds. The second-order valence-electron chi connectivity index (χ2n) is 10.3. The molecule has 0 N–H and O–H groups in total. The van der Waals surface area contributed by atoms with Gasteiger partial charge >= 0.3 is 0 Å². The van der Waals surface area contributed by atoms with Crippen LogP contribution in [0.4, 0.5) is 0 Å². The van der Waals surface area contributed by atoms with Gasteiger partial charge in [-0.2, -0.15) is 0 Å². The van der Waals surface area contributed by atoms with E-state index in [-0.39, 0.29) is 83.8 Å². The average Bonchev–Trinajstić information content (AvgIpc) is 3.55. The lowest BCUT2D eigenvalue weighted by molar-refractivity contribution is -0.148. The lowest BCUT2D eigenvalue weighted by atomic mass is 9.81. The SMILES string of the molecule is O=C1C2C3CCC(O3)C2C(=O)N1C1CCCC(N2C(=O)C3C4CCC(O4)C3C2=O)C1. The van der Waals surface area contributed by atoms with Crippen LogP contribution in [0.3, 0.4) is 0 Å².